The van der Waals surface area contributed by atoms with Crippen LogP contribution in [-0.2, 0) is 23.2 Å². The number of hydrogen-bond acceptors (Lipinski definition) is 6. The smallest absolute Gasteiger partial charge is 0.277 e. The molecule has 1 aromatic carbocycles. The normalized spacial score (nSPS) is 15.2. The molecule has 1 atom stereocenters. The predicted octanol–water partition coefficient (Wildman–Crippen LogP) is 5.16. The molecule has 1 aliphatic heterocycles. The molecule has 3 heterocycles. The minimum absolute atomic E-state index is 0.0996. The first-order chi connectivity index (χ1) is 13.8. The number of benzene rings is 1. The van der Waals surface area contributed by atoms with Gasteiger partial charge in [0.25, 0.3) is 5.22 Å². The number of rotatable bonds is 4. The largest absolute Gasteiger partial charge is 0.411 e. The van der Waals surface area contributed by atoms with Crippen molar-refractivity contribution in [2.45, 2.75) is 56.5 Å². The molecule has 1 amide bonds. The van der Waals surface area contributed by atoms with E-state index in [0.29, 0.717) is 17.7 Å². The minimum atomic E-state index is -0.272. The lowest BCUT2D eigenvalue weighted by atomic mass is 9.87. The van der Waals surface area contributed by atoms with Crippen LogP contribution in [0.4, 0.5) is 0 Å². The zero-order chi connectivity index (χ0) is 20.6. The van der Waals surface area contributed by atoms with Crippen molar-refractivity contribution in [3.8, 4) is 11.5 Å². The Morgan fingerprint density at radius 3 is 2.69 bits per heavy atom. The van der Waals surface area contributed by atoms with E-state index >= 15 is 0 Å². The van der Waals surface area contributed by atoms with Crippen molar-refractivity contribution < 1.29 is 9.21 Å². The molecule has 4 rings (SSSR count). The Kier molecular flexibility index (Phi) is 5.53. The van der Waals surface area contributed by atoms with Gasteiger partial charge in [-0.15, -0.1) is 21.5 Å². The van der Waals surface area contributed by atoms with Crippen LogP contribution in [-0.4, -0.2) is 32.8 Å². The van der Waals surface area contributed by atoms with Gasteiger partial charge in [-0.2, -0.15) is 0 Å². The maximum absolute atomic E-state index is 12.9. The van der Waals surface area contributed by atoms with Crippen molar-refractivity contribution in [1.82, 2.24) is 15.1 Å². The highest BCUT2D eigenvalue weighted by Crippen LogP contribution is 2.30. The van der Waals surface area contributed by atoms with Crippen LogP contribution in [0.1, 0.15) is 43.7 Å². The predicted molar refractivity (Wildman–Crippen MR) is 117 cm³/mol. The lowest BCUT2D eigenvalue weighted by molar-refractivity contribution is -0.131. The lowest BCUT2D eigenvalue weighted by Crippen LogP contribution is -2.39. The average Bonchev–Trinajstić information content (AvgIpc) is 3.35. The second-order valence-electron chi connectivity index (χ2n) is 8.34. The van der Waals surface area contributed by atoms with Gasteiger partial charge in [-0.3, -0.25) is 4.79 Å². The summed E-state index contributed by atoms with van der Waals surface area (Å²) in [5.41, 5.74) is 3.51. The zero-order valence-corrected chi connectivity index (χ0v) is 18.8. The molecule has 0 saturated carbocycles. The Morgan fingerprint density at radius 1 is 1.21 bits per heavy atom. The Morgan fingerprint density at radius 2 is 1.97 bits per heavy atom. The molecule has 0 N–H and O–H groups in total. The quantitative estimate of drug-likeness (QED) is 0.538. The van der Waals surface area contributed by atoms with E-state index in [4.69, 9.17) is 4.42 Å². The summed E-state index contributed by atoms with van der Waals surface area (Å²) in [5, 5.41) is 10.6. The van der Waals surface area contributed by atoms with Gasteiger partial charge < -0.3 is 9.32 Å². The summed E-state index contributed by atoms with van der Waals surface area (Å²) >= 11 is 3.10. The Hall–Kier alpha value is -2.12. The van der Waals surface area contributed by atoms with Crippen LogP contribution in [0.2, 0.25) is 0 Å². The number of amides is 1. The number of thioether (sulfide) groups is 1. The van der Waals surface area contributed by atoms with E-state index < -0.39 is 0 Å². The van der Waals surface area contributed by atoms with E-state index in [1.54, 1.807) is 11.3 Å². The molecule has 0 bridgehead atoms. The summed E-state index contributed by atoms with van der Waals surface area (Å²) in [5.74, 6) is 0.592. The van der Waals surface area contributed by atoms with Gasteiger partial charge in [-0.05, 0) is 53.5 Å². The van der Waals surface area contributed by atoms with Crippen molar-refractivity contribution in [2.24, 2.45) is 0 Å². The van der Waals surface area contributed by atoms with Gasteiger partial charge in [0, 0.05) is 23.5 Å². The SMILES string of the molecule is CC(Sc1nnc(-c2ccc(C(C)(C)C)cc2)o1)C(=O)N1CCc2sccc2C1. The fraction of sp³-hybridized carbons (Fsp3) is 0.409. The van der Waals surface area contributed by atoms with E-state index in [9.17, 15) is 4.79 Å². The second kappa shape index (κ2) is 7.95. The Labute approximate surface area is 179 Å². The summed E-state index contributed by atoms with van der Waals surface area (Å²) < 4.78 is 5.82. The summed E-state index contributed by atoms with van der Waals surface area (Å²) in [6.45, 7) is 9.92. The van der Waals surface area contributed by atoms with E-state index in [-0.39, 0.29) is 16.6 Å². The van der Waals surface area contributed by atoms with Gasteiger partial charge in [-0.25, -0.2) is 0 Å². The molecule has 0 saturated heterocycles. The molecule has 1 aliphatic rings. The highest BCUT2D eigenvalue weighted by Gasteiger charge is 2.27. The second-order valence-corrected chi connectivity index (χ2v) is 10.6. The summed E-state index contributed by atoms with van der Waals surface area (Å²) in [6.07, 6.45) is 0.936. The highest BCUT2D eigenvalue weighted by molar-refractivity contribution is 8.00. The molecular weight excluding hydrogens is 402 g/mol. The summed E-state index contributed by atoms with van der Waals surface area (Å²) in [6, 6.07) is 10.3. The van der Waals surface area contributed by atoms with Gasteiger partial charge in [0.15, 0.2) is 0 Å². The molecule has 5 nitrogen and oxygen atoms in total. The van der Waals surface area contributed by atoms with Gasteiger partial charge in [0.2, 0.25) is 11.8 Å². The number of hydrogen-bond donors (Lipinski definition) is 0. The maximum Gasteiger partial charge on any atom is 0.277 e. The van der Waals surface area contributed by atoms with E-state index in [2.05, 4.69) is 54.5 Å². The van der Waals surface area contributed by atoms with Crippen molar-refractivity contribution in [3.63, 3.8) is 0 Å². The summed E-state index contributed by atoms with van der Waals surface area (Å²) in [4.78, 5) is 16.2. The molecule has 152 valence electrons. The molecule has 7 heteroatoms. The van der Waals surface area contributed by atoms with E-state index in [1.807, 2.05) is 24.0 Å². The van der Waals surface area contributed by atoms with E-state index in [1.165, 1.54) is 27.8 Å². The van der Waals surface area contributed by atoms with Crippen LogP contribution in [0.3, 0.4) is 0 Å². The third kappa shape index (κ3) is 4.41. The number of thiophene rings is 1. The third-order valence-electron chi connectivity index (χ3n) is 5.15. The molecule has 0 spiro atoms. The molecular formula is C22H25N3O2S2. The van der Waals surface area contributed by atoms with Crippen molar-refractivity contribution >= 4 is 29.0 Å². The van der Waals surface area contributed by atoms with Crippen molar-refractivity contribution in [2.75, 3.05) is 6.54 Å². The lowest BCUT2D eigenvalue weighted by Gasteiger charge is -2.28. The molecule has 0 fully saturated rings. The van der Waals surface area contributed by atoms with Crippen LogP contribution >= 0.6 is 23.1 Å². The Balaban J connectivity index is 1.40. The zero-order valence-electron chi connectivity index (χ0n) is 17.1. The molecule has 0 radical (unpaired) electrons. The third-order valence-corrected chi connectivity index (χ3v) is 7.09. The van der Waals surface area contributed by atoms with Crippen LogP contribution in [0.15, 0.2) is 45.4 Å². The highest BCUT2D eigenvalue weighted by atomic mass is 32.2. The topological polar surface area (TPSA) is 59.2 Å². The van der Waals surface area contributed by atoms with Gasteiger partial charge in [0.05, 0.1) is 5.25 Å². The fourth-order valence-corrected chi connectivity index (χ4v) is 5.04. The first-order valence-electron chi connectivity index (χ1n) is 9.76. The van der Waals surface area contributed by atoms with E-state index in [0.717, 1.165) is 18.5 Å². The fourth-order valence-electron chi connectivity index (χ4n) is 3.38. The first kappa shape index (κ1) is 20.2. The van der Waals surface area contributed by atoms with Gasteiger partial charge in [0.1, 0.15) is 0 Å². The van der Waals surface area contributed by atoms with Crippen LogP contribution in [0, 0.1) is 0 Å². The molecule has 1 unspecified atom stereocenters. The van der Waals surface area contributed by atoms with Crippen molar-refractivity contribution in [1.29, 1.82) is 0 Å². The molecule has 0 aliphatic carbocycles. The molecule has 2 aromatic heterocycles. The molecule has 29 heavy (non-hydrogen) atoms. The monoisotopic (exact) mass is 427 g/mol. The maximum atomic E-state index is 12.9. The Bertz CT molecular complexity index is 1000. The van der Waals surface area contributed by atoms with Crippen LogP contribution in [0.25, 0.3) is 11.5 Å². The number of aromatic nitrogens is 2. The van der Waals surface area contributed by atoms with Gasteiger partial charge in [-0.1, -0.05) is 44.7 Å². The molecule has 3 aromatic rings. The van der Waals surface area contributed by atoms with Crippen LogP contribution in [0.5, 0.6) is 0 Å². The summed E-state index contributed by atoms with van der Waals surface area (Å²) in [7, 11) is 0. The van der Waals surface area contributed by atoms with Crippen LogP contribution < -0.4 is 0 Å². The van der Waals surface area contributed by atoms with Gasteiger partial charge >= 0.3 is 0 Å². The minimum Gasteiger partial charge on any atom is -0.411 e. The number of fused-ring (bicyclic) bond motifs is 1. The number of carbonyl (C=O) groups excluding carboxylic acids is 1. The first-order valence-corrected chi connectivity index (χ1v) is 11.5. The number of nitrogens with zero attached hydrogens (tertiary/aromatic N) is 3. The standard InChI is InChI=1S/C22H25N3O2S2/c1-14(20(26)25-11-9-18-16(13-25)10-12-28-18)29-21-24-23-19(27-21)15-5-7-17(8-6-15)22(2,3)4/h5-8,10,12,14H,9,11,13H2,1-4H3. The number of carbonyl (C=O) groups is 1. The van der Waals surface area contributed by atoms with Crippen molar-refractivity contribution in [3.05, 3.63) is 51.7 Å². The average molecular weight is 428 g/mol.